The van der Waals surface area contributed by atoms with Crippen molar-refractivity contribution in [1.82, 2.24) is 35.5 Å². The van der Waals surface area contributed by atoms with Gasteiger partial charge in [-0.05, 0) is 86.3 Å². The van der Waals surface area contributed by atoms with Crippen LogP contribution in [0.25, 0.3) is 55.7 Å². The number of piperidine rings is 1. The molecule has 9 nitrogen and oxygen atoms in total. The van der Waals surface area contributed by atoms with Gasteiger partial charge < -0.3 is 15.6 Å². The highest BCUT2D eigenvalue weighted by atomic mass is 19.1. The number of aromatic amines is 2. The van der Waals surface area contributed by atoms with E-state index in [2.05, 4.69) is 35.8 Å². The monoisotopic (exact) mass is 560 g/mol. The number of hydrogen-bond donors (Lipinski definition) is 4. The molecule has 10 heteroatoms. The molecule has 0 unspecified atom stereocenters. The van der Waals surface area contributed by atoms with E-state index in [9.17, 15) is 9.18 Å². The van der Waals surface area contributed by atoms with Crippen molar-refractivity contribution in [2.75, 3.05) is 18.4 Å². The third-order valence-electron chi connectivity index (χ3n) is 7.81. The molecule has 0 aliphatic carbocycles. The van der Waals surface area contributed by atoms with Crippen molar-refractivity contribution in [2.45, 2.75) is 26.2 Å². The summed E-state index contributed by atoms with van der Waals surface area (Å²) in [6.07, 6.45) is 9.43. The molecular weight excluding hydrogens is 531 g/mol. The zero-order chi connectivity index (χ0) is 28.6. The van der Waals surface area contributed by atoms with Crippen LogP contribution in [-0.2, 0) is 4.79 Å². The van der Waals surface area contributed by atoms with E-state index in [0.717, 1.165) is 70.3 Å². The van der Waals surface area contributed by atoms with Crippen molar-refractivity contribution < 1.29 is 9.18 Å². The molecule has 1 aliphatic heterocycles. The third kappa shape index (κ3) is 5.12. The minimum absolute atomic E-state index is 0.00227. The van der Waals surface area contributed by atoms with Crippen LogP contribution in [0.2, 0.25) is 0 Å². The van der Waals surface area contributed by atoms with Crippen LogP contribution in [0.5, 0.6) is 0 Å². The van der Waals surface area contributed by atoms with Crippen molar-refractivity contribution in [3.63, 3.8) is 0 Å². The second kappa shape index (κ2) is 10.8. The molecule has 5 aromatic heterocycles. The molecule has 1 amide bonds. The molecule has 0 saturated carbocycles. The van der Waals surface area contributed by atoms with Gasteiger partial charge in [0.05, 0.1) is 40.5 Å². The maximum Gasteiger partial charge on any atom is 0.224 e. The highest BCUT2D eigenvalue weighted by molar-refractivity contribution is 6.00. The van der Waals surface area contributed by atoms with E-state index < -0.39 is 0 Å². The fraction of sp³-hybridized carbons (Fsp3) is 0.219. The number of H-pyrrole nitrogens is 2. The molecule has 0 radical (unpaired) electrons. The average Bonchev–Trinajstić information content (AvgIpc) is 3.61. The maximum absolute atomic E-state index is 14.2. The normalized spacial score (nSPS) is 14.0. The third-order valence-corrected chi connectivity index (χ3v) is 7.81. The Labute approximate surface area is 241 Å². The zero-order valence-corrected chi connectivity index (χ0v) is 23.0. The fourth-order valence-corrected chi connectivity index (χ4v) is 5.76. The summed E-state index contributed by atoms with van der Waals surface area (Å²) in [7, 11) is 0. The van der Waals surface area contributed by atoms with E-state index in [1.54, 1.807) is 24.8 Å². The van der Waals surface area contributed by atoms with Gasteiger partial charge in [0, 0.05) is 35.3 Å². The summed E-state index contributed by atoms with van der Waals surface area (Å²) in [5.41, 5.74) is 8.28. The molecule has 0 bridgehead atoms. The summed E-state index contributed by atoms with van der Waals surface area (Å²) in [5.74, 6) is 0.121. The Bertz CT molecular complexity index is 1920. The molecule has 0 spiro atoms. The van der Waals surface area contributed by atoms with Crippen LogP contribution in [0.3, 0.4) is 0 Å². The lowest BCUT2D eigenvalue weighted by atomic mass is 9.94. The van der Waals surface area contributed by atoms with Crippen molar-refractivity contribution in [3.05, 3.63) is 78.6 Å². The van der Waals surface area contributed by atoms with Gasteiger partial charge in [0.25, 0.3) is 0 Å². The van der Waals surface area contributed by atoms with Gasteiger partial charge >= 0.3 is 0 Å². The second-order valence-corrected chi connectivity index (χ2v) is 10.9. The molecule has 6 aromatic rings. The minimum atomic E-state index is -0.285. The van der Waals surface area contributed by atoms with Crippen molar-refractivity contribution >= 4 is 33.5 Å². The SMILES string of the molecule is Cc1cc(F)cc(-c2cncc3[nH]c(-c4n[nH]c5ccc(-c6cncc(NC(=O)CC7CCNCC7)c6)nc45)cc23)c1. The van der Waals surface area contributed by atoms with Gasteiger partial charge in [0.2, 0.25) is 5.91 Å². The number of carbonyl (C=O) groups is 1. The van der Waals surface area contributed by atoms with E-state index in [4.69, 9.17) is 4.98 Å². The fourth-order valence-electron chi connectivity index (χ4n) is 5.76. The topological polar surface area (TPSA) is 124 Å². The van der Waals surface area contributed by atoms with E-state index in [1.807, 2.05) is 37.3 Å². The Morgan fingerprint density at radius 2 is 1.83 bits per heavy atom. The van der Waals surface area contributed by atoms with Crippen LogP contribution < -0.4 is 10.6 Å². The number of pyridine rings is 3. The first-order chi connectivity index (χ1) is 20.5. The molecule has 0 atom stereocenters. The number of halogens is 1. The number of fused-ring (bicyclic) bond motifs is 2. The van der Waals surface area contributed by atoms with Crippen LogP contribution in [0, 0.1) is 18.7 Å². The Morgan fingerprint density at radius 1 is 0.976 bits per heavy atom. The number of nitrogens with zero attached hydrogens (tertiary/aromatic N) is 4. The molecule has 1 aliphatic rings. The standard InChI is InChI=1S/C32H29FN8O/c1-18-8-20(11-22(33)9-18)25-16-36-17-29-24(25)13-28(38-29)32-31-27(40-41-32)3-2-26(39-31)21-12-23(15-35-14-21)37-30(42)10-19-4-6-34-7-5-19/h2-3,8-9,11-17,19,34,38H,4-7,10H2,1H3,(H,37,42)(H,40,41). The number of benzene rings is 1. The number of nitrogens with one attached hydrogen (secondary N) is 4. The molecule has 6 heterocycles. The Morgan fingerprint density at radius 3 is 2.69 bits per heavy atom. The number of carbonyl (C=O) groups excluding carboxylic acids is 1. The first-order valence-corrected chi connectivity index (χ1v) is 14.1. The van der Waals surface area contributed by atoms with Crippen LogP contribution in [0.1, 0.15) is 24.8 Å². The van der Waals surface area contributed by atoms with Gasteiger partial charge in [0.1, 0.15) is 17.0 Å². The van der Waals surface area contributed by atoms with E-state index in [1.165, 1.54) is 12.1 Å². The average molecular weight is 561 g/mol. The van der Waals surface area contributed by atoms with Gasteiger partial charge in [-0.2, -0.15) is 5.10 Å². The number of rotatable bonds is 6. The summed E-state index contributed by atoms with van der Waals surface area (Å²) in [5, 5.41) is 14.9. The molecule has 1 saturated heterocycles. The highest BCUT2D eigenvalue weighted by Gasteiger charge is 2.18. The zero-order valence-electron chi connectivity index (χ0n) is 23.0. The Hall–Kier alpha value is -4.96. The van der Waals surface area contributed by atoms with Gasteiger partial charge in [-0.25, -0.2) is 9.37 Å². The molecule has 4 N–H and O–H groups in total. The first kappa shape index (κ1) is 26.0. The molecule has 1 fully saturated rings. The first-order valence-electron chi connectivity index (χ1n) is 14.1. The molecule has 1 aromatic carbocycles. The van der Waals surface area contributed by atoms with E-state index >= 15 is 0 Å². The van der Waals surface area contributed by atoms with E-state index in [0.29, 0.717) is 34.9 Å². The van der Waals surface area contributed by atoms with Crippen molar-refractivity contribution in [1.29, 1.82) is 0 Å². The number of aromatic nitrogens is 6. The number of anilines is 1. The van der Waals surface area contributed by atoms with Gasteiger partial charge in [-0.3, -0.25) is 19.9 Å². The summed E-state index contributed by atoms with van der Waals surface area (Å²) in [4.78, 5) is 29.8. The van der Waals surface area contributed by atoms with Gasteiger partial charge in [-0.1, -0.05) is 6.07 Å². The lowest BCUT2D eigenvalue weighted by Crippen LogP contribution is -2.30. The van der Waals surface area contributed by atoms with Crippen LogP contribution in [-0.4, -0.2) is 49.1 Å². The summed E-state index contributed by atoms with van der Waals surface area (Å²) in [6, 6.07) is 12.7. The number of hydrogen-bond acceptors (Lipinski definition) is 6. The van der Waals surface area contributed by atoms with Crippen LogP contribution in [0.4, 0.5) is 10.1 Å². The lowest BCUT2D eigenvalue weighted by molar-refractivity contribution is -0.117. The van der Waals surface area contributed by atoms with Crippen LogP contribution in [0.15, 0.2) is 67.3 Å². The minimum Gasteiger partial charge on any atom is -0.352 e. The lowest BCUT2D eigenvalue weighted by Gasteiger charge is -2.21. The Kier molecular flexibility index (Phi) is 6.67. The smallest absolute Gasteiger partial charge is 0.224 e. The largest absolute Gasteiger partial charge is 0.352 e. The van der Waals surface area contributed by atoms with Gasteiger partial charge in [0.15, 0.2) is 0 Å². The van der Waals surface area contributed by atoms with Crippen molar-refractivity contribution in [3.8, 4) is 33.8 Å². The van der Waals surface area contributed by atoms with Gasteiger partial charge in [-0.15, -0.1) is 0 Å². The Balaban J connectivity index is 1.20. The summed E-state index contributed by atoms with van der Waals surface area (Å²) in [6.45, 7) is 3.79. The molecule has 42 heavy (non-hydrogen) atoms. The van der Waals surface area contributed by atoms with Crippen molar-refractivity contribution in [2.24, 2.45) is 5.92 Å². The summed E-state index contributed by atoms with van der Waals surface area (Å²) < 4.78 is 14.2. The van der Waals surface area contributed by atoms with Crippen LogP contribution >= 0.6 is 0 Å². The van der Waals surface area contributed by atoms with E-state index in [-0.39, 0.29) is 11.7 Å². The quantitative estimate of drug-likeness (QED) is 0.198. The highest BCUT2D eigenvalue weighted by Crippen LogP contribution is 2.34. The predicted octanol–water partition coefficient (Wildman–Crippen LogP) is 6.01. The molecule has 210 valence electrons. The molecule has 7 rings (SSSR count). The molecular formula is C32H29FN8O. The predicted molar refractivity (Wildman–Crippen MR) is 161 cm³/mol. The second-order valence-electron chi connectivity index (χ2n) is 10.9. The number of amides is 1. The number of aryl methyl sites for hydroxylation is 1. The summed E-state index contributed by atoms with van der Waals surface area (Å²) >= 11 is 0. The maximum atomic E-state index is 14.2.